The quantitative estimate of drug-likeness (QED) is 0.246. The summed E-state index contributed by atoms with van der Waals surface area (Å²) in [6.07, 6.45) is 0. The standard InChI is InChI=1S/C33H37N4/c1-22-16-12-13-19-24(22)31-36(8)25-20-14-15-21-26(25)37(31)27-28(32(2,3)4)34-30(23-17-10-9-11-18-23)35-29(27)33(5,6)7/h9-21H,1-8H3/q+1. The van der Waals surface area contributed by atoms with E-state index in [1.807, 2.05) is 6.07 Å². The van der Waals surface area contributed by atoms with Gasteiger partial charge in [0, 0.05) is 16.4 Å². The summed E-state index contributed by atoms with van der Waals surface area (Å²) in [6.45, 7) is 15.7. The van der Waals surface area contributed by atoms with Crippen LogP contribution in [0.1, 0.15) is 58.5 Å². The fourth-order valence-corrected chi connectivity index (χ4v) is 5.10. The third kappa shape index (κ3) is 4.35. The smallest absolute Gasteiger partial charge is 0.228 e. The summed E-state index contributed by atoms with van der Waals surface area (Å²) in [7, 11) is 2.16. The maximum atomic E-state index is 5.30. The molecule has 0 aliphatic heterocycles. The van der Waals surface area contributed by atoms with E-state index in [9.17, 15) is 0 Å². The second kappa shape index (κ2) is 8.95. The Morgan fingerprint density at radius 1 is 0.676 bits per heavy atom. The van der Waals surface area contributed by atoms with Gasteiger partial charge in [0.15, 0.2) is 22.5 Å². The minimum atomic E-state index is -0.214. The van der Waals surface area contributed by atoms with Gasteiger partial charge in [0.1, 0.15) is 0 Å². The maximum absolute atomic E-state index is 5.30. The van der Waals surface area contributed by atoms with Crippen LogP contribution in [0.3, 0.4) is 0 Å². The fourth-order valence-electron chi connectivity index (χ4n) is 5.10. The maximum Gasteiger partial charge on any atom is 0.295 e. The predicted molar refractivity (Wildman–Crippen MR) is 153 cm³/mol. The van der Waals surface area contributed by atoms with Crippen LogP contribution in [0.15, 0.2) is 78.9 Å². The first-order chi connectivity index (χ1) is 17.5. The van der Waals surface area contributed by atoms with E-state index >= 15 is 0 Å². The third-order valence-corrected chi connectivity index (χ3v) is 6.96. The summed E-state index contributed by atoms with van der Waals surface area (Å²) in [6, 6.07) is 27.6. The van der Waals surface area contributed by atoms with E-state index in [2.05, 4.69) is 137 Å². The van der Waals surface area contributed by atoms with Gasteiger partial charge in [-0.15, -0.1) is 0 Å². The average Bonchev–Trinajstić information content (AvgIpc) is 3.15. The Morgan fingerprint density at radius 2 is 1.22 bits per heavy atom. The molecule has 0 saturated heterocycles. The molecule has 3 aromatic carbocycles. The van der Waals surface area contributed by atoms with Crippen LogP contribution in [0.2, 0.25) is 0 Å². The summed E-state index contributed by atoms with van der Waals surface area (Å²) in [4.78, 5) is 10.6. The number of rotatable bonds is 3. The van der Waals surface area contributed by atoms with Crippen LogP contribution < -0.4 is 4.57 Å². The summed E-state index contributed by atoms with van der Waals surface area (Å²) in [5.41, 5.74) is 8.53. The van der Waals surface area contributed by atoms with Crippen LogP contribution in [0.5, 0.6) is 0 Å². The zero-order valence-electron chi connectivity index (χ0n) is 23.3. The van der Waals surface area contributed by atoms with Gasteiger partial charge >= 0.3 is 0 Å². The first-order valence-electron chi connectivity index (χ1n) is 13.0. The van der Waals surface area contributed by atoms with E-state index in [0.29, 0.717) is 0 Å². The molecule has 188 valence electrons. The SMILES string of the molecule is Cc1ccccc1-c1n(-c2c(C(C)(C)C)nc(-c3ccccc3)nc2C(C)(C)C)c2ccccc2[n+]1C. The van der Waals surface area contributed by atoms with Crippen molar-refractivity contribution in [2.24, 2.45) is 7.05 Å². The Hall–Kier alpha value is -3.79. The molecule has 2 aromatic heterocycles. The van der Waals surface area contributed by atoms with E-state index in [0.717, 1.165) is 39.8 Å². The van der Waals surface area contributed by atoms with Crippen LogP contribution in [0, 0.1) is 6.92 Å². The van der Waals surface area contributed by atoms with Gasteiger partial charge in [-0.3, -0.25) is 0 Å². The third-order valence-electron chi connectivity index (χ3n) is 6.96. The number of fused-ring (bicyclic) bond motifs is 1. The number of imidazole rings is 1. The number of aromatic nitrogens is 4. The van der Waals surface area contributed by atoms with E-state index in [1.165, 1.54) is 16.6 Å². The van der Waals surface area contributed by atoms with Crippen molar-refractivity contribution >= 4 is 11.0 Å². The second-order valence-electron chi connectivity index (χ2n) is 12.0. The Kier molecular flexibility index (Phi) is 6.02. The Balaban J connectivity index is 2.00. The van der Waals surface area contributed by atoms with Gasteiger partial charge in [-0.25, -0.2) is 14.5 Å². The fraction of sp³-hybridized carbons (Fsp3) is 0.303. The van der Waals surface area contributed by atoms with Crippen LogP contribution in [0.4, 0.5) is 0 Å². The molecule has 0 spiro atoms. The molecule has 0 radical (unpaired) electrons. The molecule has 0 unspecified atom stereocenters. The van der Waals surface area contributed by atoms with Gasteiger partial charge < -0.3 is 0 Å². The molecule has 0 aliphatic rings. The lowest BCUT2D eigenvalue weighted by atomic mass is 9.84. The second-order valence-corrected chi connectivity index (χ2v) is 12.0. The highest BCUT2D eigenvalue weighted by molar-refractivity contribution is 5.81. The monoisotopic (exact) mass is 489 g/mol. The molecule has 5 rings (SSSR count). The Labute approximate surface area is 220 Å². The van der Waals surface area contributed by atoms with Crippen molar-refractivity contribution in [3.05, 3.63) is 95.8 Å². The van der Waals surface area contributed by atoms with E-state index in [-0.39, 0.29) is 10.8 Å². The van der Waals surface area contributed by atoms with Crippen molar-refractivity contribution in [1.82, 2.24) is 14.5 Å². The summed E-state index contributed by atoms with van der Waals surface area (Å²) in [5, 5.41) is 0. The zero-order valence-corrected chi connectivity index (χ0v) is 23.3. The topological polar surface area (TPSA) is 34.6 Å². The van der Waals surface area contributed by atoms with Crippen LogP contribution in [-0.4, -0.2) is 14.5 Å². The molecule has 2 heterocycles. The van der Waals surface area contributed by atoms with Gasteiger partial charge in [0.05, 0.1) is 24.0 Å². The van der Waals surface area contributed by atoms with Gasteiger partial charge in [-0.05, 0) is 30.7 Å². The largest absolute Gasteiger partial charge is 0.295 e. The predicted octanol–water partition coefficient (Wildman–Crippen LogP) is 7.48. The molecular formula is C33H37N4+. The van der Waals surface area contributed by atoms with Gasteiger partial charge in [0.2, 0.25) is 0 Å². The summed E-state index contributed by atoms with van der Waals surface area (Å²) < 4.78 is 4.72. The lowest BCUT2D eigenvalue weighted by molar-refractivity contribution is -0.633. The summed E-state index contributed by atoms with van der Waals surface area (Å²) >= 11 is 0. The van der Waals surface area contributed by atoms with Crippen LogP contribution >= 0.6 is 0 Å². The Bertz CT molecular complexity index is 1560. The number of benzene rings is 3. The lowest BCUT2D eigenvalue weighted by Gasteiger charge is -2.27. The number of nitrogens with zero attached hydrogens (tertiary/aromatic N) is 4. The van der Waals surface area contributed by atoms with Crippen molar-refractivity contribution in [2.75, 3.05) is 0 Å². The number of hydrogen-bond donors (Lipinski definition) is 0. The molecule has 0 aliphatic carbocycles. The number of hydrogen-bond acceptors (Lipinski definition) is 2. The van der Waals surface area contributed by atoms with Crippen molar-refractivity contribution in [3.8, 4) is 28.5 Å². The van der Waals surface area contributed by atoms with Crippen molar-refractivity contribution in [3.63, 3.8) is 0 Å². The number of para-hydroxylation sites is 2. The van der Waals surface area contributed by atoms with E-state index in [4.69, 9.17) is 9.97 Å². The molecule has 0 atom stereocenters. The van der Waals surface area contributed by atoms with Crippen molar-refractivity contribution < 1.29 is 4.57 Å². The van der Waals surface area contributed by atoms with Crippen LogP contribution in [0.25, 0.3) is 39.5 Å². The highest BCUT2D eigenvalue weighted by Crippen LogP contribution is 2.40. The van der Waals surface area contributed by atoms with Gasteiger partial charge in [-0.1, -0.05) is 102 Å². The molecule has 0 bridgehead atoms. The molecule has 5 aromatic rings. The average molecular weight is 490 g/mol. The minimum Gasteiger partial charge on any atom is -0.228 e. The molecule has 0 fully saturated rings. The molecule has 0 N–H and O–H groups in total. The molecule has 37 heavy (non-hydrogen) atoms. The Morgan fingerprint density at radius 3 is 1.81 bits per heavy atom. The number of aryl methyl sites for hydroxylation is 2. The summed E-state index contributed by atoms with van der Waals surface area (Å²) in [5.74, 6) is 1.91. The first kappa shape index (κ1) is 24.9. The zero-order chi connectivity index (χ0) is 26.5. The highest BCUT2D eigenvalue weighted by atomic mass is 15.2. The van der Waals surface area contributed by atoms with E-state index in [1.54, 1.807) is 0 Å². The van der Waals surface area contributed by atoms with Gasteiger partial charge in [0.25, 0.3) is 5.82 Å². The molecule has 4 nitrogen and oxygen atoms in total. The molecule has 0 saturated carbocycles. The van der Waals surface area contributed by atoms with Crippen molar-refractivity contribution in [2.45, 2.75) is 59.3 Å². The highest BCUT2D eigenvalue weighted by Gasteiger charge is 2.38. The molecule has 4 heteroatoms. The van der Waals surface area contributed by atoms with Crippen molar-refractivity contribution in [1.29, 1.82) is 0 Å². The first-order valence-corrected chi connectivity index (χ1v) is 13.0. The normalized spacial score (nSPS) is 12.3. The molecule has 0 amide bonds. The van der Waals surface area contributed by atoms with E-state index < -0.39 is 0 Å². The van der Waals surface area contributed by atoms with Crippen LogP contribution in [-0.2, 0) is 17.9 Å². The van der Waals surface area contributed by atoms with Gasteiger partial charge in [-0.2, -0.15) is 4.57 Å². The minimum absolute atomic E-state index is 0.214. The lowest BCUT2D eigenvalue weighted by Crippen LogP contribution is -2.32. The molecular weight excluding hydrogens is 452 g/mol.